The fourth-order valence-electron chi connectivity index (χ4n) is 4.83. The van der Waals surface area contributed by atoms with Crippen LogP contribution in [0.15, 0.2) is 24.3 Å². The van der Waals surface area contributed by atoms with E-state index in [4.69, 9.17) is 4.74 Å². The lowest BCUT2D eigenvalue weighted by Gasteiger charge is -2.42. The summed E-state index contributed by atoms with van der Waals surface area (Å²) in [7, 11) is 0. The highest BCUT2D eigenvalue weighted by Gasteiger charge is 2.53. The molecule has 2 saturated heterocycles. The van der Waals surface area contributed by atoms with Crippen LogP contribution < -0.4 is 0 Å². The number of benzene rings is 1. The predicted molar refractivity (Wildman–Crippen MR) is 103 cm³/mol. The van der Waals surface area contributed by atoms with Crippen LogP contribution in [-0.4, -0.2) is 53.1 Å². The van der Waals surface area contributed by atoms with Gasteiger partial charge in [-0.1, -0.05) is 25.5 Å². The third-order valence-electron chi connectivity index (χ3n) is 6.43. The van der Waals surface area contributed by atoms with Crippen LogP contribution in [0.3, 0.4) is 0 Å². The van der Waals surface area contributed by atoms with E-state index in [2.05, 4.69) is 6.92 Å². The first kappa shape index (κ1) is 18.5. The van der Waals surface area contributed by atoms with E-state index in [9.17, 15) is 9.59 Å². The molecule has 5 heteroatoms. The Labute approximate surface area is 161 Å². The highest BCUT2D eigenvalue weighted by Crippen LogP contribution is 2.41. The average molecular weight is 370 g/mol. The van der Waals surface area contributed by atoms with Gasteiger partial charge in [-0.15, -0.1) is 0 Å². The molecule has 2 aliphatic heterocycles. The quantitative estimate of drug-likeness (QED) is 0.820. The minimum Gasteiger partial charge on any atom is -0.353 e. The van der Waals surface area contributed by atoms with Gasteiger partial charge in [-0.05, 0) is 62.6 Å². The van der Waals surface area contributed by atoms with E-state index in [0.717, 1.165) is 58.0 Å². The minimum absolute atomic E-state index is 0.0606. The second kappa shape index (κ2) is 7.63. The summed E-state index contributed by atoms with van der Waals surface area (Å²) < 4.78 is 6.23. The maximum atomic E-state index is 13.5. The second-order valence-electron chi connectivity index (χ2n) is 8.09. The van der Waals surface area contributed by atoms with Gasteiger partial charge in [-0.25, -0.2) is 0 Å². The summed E-state index contributed by atoms with van der Waals surface area (Å²) in [5.41, 5.74) is 1.27. The average Bonchev–Trinajstić information content (AvgIpc) is 3.36. The number of likely N-dealkylation sites (tertiary alicyclic amines) is 1. The number of hydrogen-bond donors (Lipinski definition) is 0. The van der Waals surface area contributed by atoms with Crippen LogP contribution in [0, 0.1) is 0 Å². The zero-order valence-corrected chi connectivity index (χ0v) is 16.3. The van der Waals surface area contributed by atoms with Crippen molar-refractivity contribution in [2.45, 2.75) is 70.1 Å². The van der Waals surface area contributed by atoms with Crippen LogP contribution in [0.2, 0.25) is 0 Å². The van der Waals surface area contributed by atoms with Crippen LogP contribution in [0.1, 0.15) is 67.8 Å². The first-order chi connectivity index (χ1) is 13.1. The molecular formula is C22H30N2O3. The van der Waals surface area contributed by atoms with Gasteiger partial charge >= 0.3 is 0 Å². The summed E-state index contributed by atoms with van der Waals surface area (Å²) in [5, 5.41) is 0. The number of aryl methyl sites for hydroxylation is 1. The van der Waals surface area contributed by atoms with Gasteiger partial charge in [0.05, 0.1) is 6.61 Å². The number of rotatable bonds is 3. The maximum absolute atomic E-state index is 13.5. The van der Waals surface area contributed by atoms with E-state index in [-0.39, 0.29) is 11.8 Å². The lowest BCUT2D eigenvalue weighted by atomic mass is 9.89. The molecule has 146 valence electrons. The van der Waals surface area contributed by atoms with Crippen molar-refractivity contribution in [3.8, 4) is 0 Å². The van der Waals surface area contributed by atoms with Gasteiger partial charge in [0.15, 0.2) is 0 Å². The molecular weight excluding hydrogens is 340 g/mol. The highest BCUT2D eigenvalue weighted by molar-refractivity contribution is 5.98. The lowest BCUT2D eigenvalue weighted by Crippen LogP contribution is -2.56. The summed E-state index contributed by atoms with van der Waals surface area (Å²) in [6.07, 6.45) is 7.97. The van der Waals surface area contributed by atoms with E-state index < -0.39 is 11.8 Å². The summed E-state index contributed by atoms with van der Waals surface area (Å²) in [4.78, 5) is 30.4. The predicted octanol–water partition coefficient (Wildman–Crippen LogP) is 3.37. The molecule has 1 atom stereocenters. The molecule has 27 heavy (non-hydrogen) atoms. The topological polar surface area (TPSA) is 49.9 Å². The van der Waals surface area contributed by atoms with Crippen LogP contribution in [-0.2, 0) is 16.0 Å². The molecule has 1 spiro atoms. The maximum Gasteiger partial charge on any atom is 0.256 e. The fraction of sp³-hybridized carbons (Fsp3) is 0.636. The Bertz CT molecular complexity index is 688. The Morgan fingerprint density at radius 3 is 2.33 bits per heavy atom. The van der Waals surface area contributed by atoms with E-state index in [1.807, 2.05) is 34.1 Å². The molecule has 3 fully saturated rings. The van der Waals surface area contributed by atoms with Crippen LogP contribution in [0.5, 0.6) is 0 Å². The smallest absolute Gasteiger partial charge is 0.256 e. The van der Waals surface area contributed by atoms with E-state index in [1.165, 1.54) is 12.0 Å². The highest BCUT2D eigenvalue weighted by atomic mass is 16.5. The molecule has 0 bridgehead atoms. The standard InChI is InChI=1S/C22H30N2O3/c1-2-17-8-10-18(11-9-17)20(25)24-19(21(26)23-14-6-7-15-23)16-27-22(24)12-4-3-5-13-22/h8-11,19H,2-7,12-16H2,1H3. The van der Waals surface area contributed by atoms with E-state index in [1.54, 1.807) is 0 Å². The molecule has 0 N–H and O–H groups in total. The Morgan fingerprint density at radius 1 is 1.04 bits per heavy atom. The van der Waals surface area contributed by atoms with E-state index in [0.29, 0.717) is 12.2 Å². The molecule has 1 unspecified atom stereocenters. The van der Waals surface area contributed by atoms with Gasteiger partial charge in [0.2, 0.25) is 5.91 Å². The number of amides is 2. The molecule has 2 heterocycles. The lowest BCUT2D eigenvalue weighted by molar-refractivity contribution is -0.136. The Balaban J connectivity index is 1.64. The van der Waals surface area contributed by atoms with Crippen LogP contribution >= 0.6 is 0 Å². The number of hydrogen-bond acceptors (Lipinski definition) is 3. The molecule has 1 saturated carbocycles. The number of carbonyl (C=O) groups is 2. The largest absolute Gasteiger partial charge is 0.353 e. The van der Waals surface area contributed by atoms with Crippen molar-refractivity contribution in [1.82, 2.24) is 9.80 Å². The summed E-state index contributed by atoms with van der Waals surface area (Å²) in [6.45, 7) is 4.03. The van der Waals surface area contributed by atoms with Gasteiger partial charge in [0.1, 0.15) is 11.8 Å². The number of carbonyl (C=O) groups excluding carboxylic acids is 2. The van der Waals surface area contributed by atoms with Crippen molar-refractivity contribution in [2.75, 3.05) is 19.7 Å². The zero-order valence-electron chi connectivity index (χ0n) is 16.3. The third kappa shape index (κ3) is 3.38. The molecule has 1 aliphatic carbocycles. The number of nitrogens with zero attached hydrogens (tertiary/aromatic N) is 2. The fourth-order valence-corrected chi connectivity index (χ4v) is 4.83. The van der Waals surface area contributed by atoms with Crippen LogP contribution in [0.25, 0.3) is 0 Å². The molecule has 3 aliphatic rings. The first-order valence-corrected chi connectivity index (χ1v) is 10.5. The first-order valence-electron chi connectivity index (χ1n) is 10.5. The normalized spacial score (nSPS) is 24.6. The molecule has 2 amide bonds. The molecule has 0 radical (unpaired) electrons. The van der Waals surface area contributed by atoms with Crippen molar-refractivity contribution < 1.29 is 14.3 Å². The van der Waals surface area contributed by atoms with Crippen LogP contribution in [0.4, 0.5) is 0 Å². The number of ether oxygens (including phenoxy) is 1. The van der Waals surface area contributed by atoms with Gasteiger partial charge < -0.3 is 9.64 Å². The Kier molecular flexibility index (Phi) is 5.22. The van der Waals surface area contributed by atoms with Gasteiger partial charge in [0, 0.05) is 18.7 Å². The van der Waals surface area contributed by atoms with Crippen molar-refractivity contribution in [3.05, 3.63) is 35.4 Å². The summed E-state index contributed by atoms with van der Waals surface area (Å²) in [5.74, 6) is 0.00285. The monoisotopic (exact) mass is 370 g/mol. The van der Waals surface area contributed by atoms with Gasteiger partial charge in [0.25, 0.3) is 5.91 Å². The van der Waals surface area contributed by atoms with Gasteiger partial charge in [-0.2, -0.15) is 0 Å². The molecule has 0 aromatic heterocycles. The molecule has 1 aromatic rings. The summed E-state index contributed by atoms with van der Waals surface area (Å²) in [6, 6.07) is 7.32. The van der Waals surface area contributed by atoms with Crippen molar-refractivity contribution in [2.24, 2.45) is 0 Å². The van der Waals surface area contributed by atoms with Crippen molar-refractivity contribution in [3.63, 3.8) is 0 Å². The minimum atomic E-state index is -0.598. The van der Waals surface area contributed by atoms with Crippen molar-refractivity contribution in [1.29, 1.82) is 0 Å². The summed E-state index contributed by atoms with van der Waals surface area (Å²) >= 11 is 0. The zero-order chi connectivity index (χ0) is 18.9. The Morgan fingerprint density at radius 2 is 1.70 bits per heavy atom. The van der Waals surface area contributed by atoms with E-state index >= 15 is 0 Å². The molecule has 5 nitrogen and oxygen atoms in total. The molecule has 4 rings (SSSR count). The molecule has 1 aromatic carbocycles. The Hall–Kier alpha value is -1.88. The second-order valence-corrected chi connectivity index (χ2v) is 8.09. The van der Waals surface area contributed by atoms with Crippen molar-refractivity contribution >= 4 is 11.8 Å². The van der Waals surface area contributed by atoms with Gasteiger partial charge in [-0.3, -0.25) is 14.5 Å². The SMILES string of the molecule is CCc1ccc(C(=O)N2C(C(=O)N3CCCC3)COC23CCCCC3)cc1. The third-order valence-corrected chi connectivity index (χ3v) is 6.43.